The Balaban J connectivity index is 1.81. The summed E-state index contributed by atoms with van der Waals surface area (Å²) in [5.74, 6) is -2.35. The summed E-state index contributed by atoms with van der Waals surface area (Å²) in [7, 11) is 0. The summed E-state index contributed by atoms with van der Waals surface area (Å²) >= 11 is 6.07. The zero-order valence-electron chi connectivity index (χ0n) is 21.0. The molecule has 40 heavy (non-hydrogen) atoms. The second kappa shape index (κ2) is 12.1. The van der Waals surface area contributed by atoms with E-state index in [4.69, 9.17) is 11.6 Å². The van der Waals surface area contributed by atoms with Crippen molar-refractivity contribution in [2.75, 3.05) is 0 Å². The van der Waals surface area contributed by atoms with Crippen LogP contribution in [0.3, 0.4) is 0 Å². The topological polar surface area (TPSA) is 101 Å². The minimum Gasteiger partial charge on any atom is -0.481 e. The van der Waals surface area contributed by atoms with Gasteiger partial charge >= 0.3 is 24.5 Å². The van der Waals surface area contributed by atoms with Crippen molar-refractivity contribution in [3.05, 3.63) is 94.8 Å². The van der Waals surface area contributed by atoms with Crippen LogP contribution < -0.4 is 15.4 Å². The van der Waals surface area contributed by atoms with Crippen molar-refractivity contribution in [3.63, 3.8) is 0 Å². The molecule has 0 saturated heterocycles. The molecule has 1 aromatic heterocycles. The van der Waals surface area contributed by atoms with E-state index in [1.165, 1.54) is 24.4 Å². The van der Waals surface area contributed by atoms with E-state index in [2.05, 4.69) is 20.4 Å². The monoisotopic (exact) mass is 579 g/mol. The molecule has 2 aromatic carbocycles. The standard InChI is InChI=1S/C28H26ClF4N3O4/c29-19-12-13-23(34-16-19)27(15-17-6-2-1-3-7-17,36-26(39)35-22-11-5-10-21(22)24(37)38)18-8-4-9-20(14-18)40-28(32,33)25(30)31/h1-4,6-9,12-14,16,21-22,25H,5,10-11,15H2,(H,37,38)(H2,35,36,39)/t21?,22?,27-/m0/s1. The highest BCUT2D eigenvalue weighted by Gasteiger charge is 2.45. The maximum Gasteiger partial charge on any atom is 0.461 e. The number of aromatic nitrogens is 1. The number of carboxylic acid groups (broad SMARTS) is 1. The Kier molecular flexibility index (Phi) is 8.82. The van der Waals surface area contributed by atoms with E-state index in [0.29, 0.717) is 29.8 Å². The molecule has 0 aliphatic heterocycles. The number of halogens is 5. The third-order valence-electron chi connectivity index (χ3n) is 6.79. The first-order valence-corrected chi connectivity index (χ1v) is 12.8. The Bertz CT molecular complexity index is 1330. The minimum atomic E-state index is -4.75. The van der Waals surface area contributed by atoms with Crippen LogP contribution in [-0.2, 0) is 16.8 Å². The number of hydrogen-bond donors (Lipinski definition) is 3. The van der Waals surface area contributed by atoms with Crippen LogP contribution in [0.25, 0.3) is 0 Å². The summed E-state index contributed by atoms with van der Waals surface area (Å²) < 4.78 is 57.7. The van der Waals surface area contributed by atoms with Crippen LogP contribution in [0.1, 0.15) is 36.1 Å². The molecule has 3 atom stereocenters. The maximum atomic E-state index is 13.8. The summed E-state index contributed by atoms with van der Waals surface area (Å²) in [4.78, 5) is 29.5. The number of aliphatic carboxylic acids is 1. The van der Waals surface area contributed by atoms with E-state index < -0.39 is 47.8 Å². The number of carboxylic acids is 1. The van der Waals surface area contributed by atoms with Crippen molar-refractivity contribution in [3.8, 4) is 5.75 Å². The number of hydrogen-bond acceptors (Lipinski definition) is 4. The highest BCUT2D eigenvalue weighted by atomic mass is 35.5. The number of urea groups is 1. The van der Waals surface area contributed by atoms with E-state index in [-0.39, 0.29) is 17.7 Å². The first kappa shape index (κ1) is 29.1. The Hall–Kier alpha value is -3.86. The fourth-order valence-electron chi connectivity index (χ4n) is 4.90. The molecule has 212 valence electrons. The van der Waals surface area contributed by atoms with Gasteiger partial charge in [-0.15, -0.1) is 0 Å². The zero-order valence-corrected chi connectivity index (χ0v) is 21.8. The lowest BCUT2D eigenvalue weighted by atomic mass is 9.80. The van der Waals surface area contributed by atoms with Gasteiger partial charge < -0.3 is 20.5 Å². The molecule has 0 spiro atoms. The number of nitrogens with zero attached hydrogens (tertiary/aromatic N) is 1. The molecule has 4 rings (SSSR count). The molecule has 1 saturated carbocycles. The summed E-state index contributed by atoms with van der Waals surface area (Å²) in [6.45, 7) is 0. The third kappa shape index (κ3) is 6.64. The molecule has 1 heterocycles. The van der Waals surface area contributed by atoms with Crippen molar-refractivity contribution in [1.82, 2.24) is 15.6 Å². The Morgan fingerprint density at radius 2 is 1.82 bits per heavy atom. The van der Waals surface area contributed by atoms with E-state index in [9.17, 15) is 32.3 Å². The Morgan fingerprint density at radius 3 is 2.48 bits per heavy atom. The molecule has 1 fully saturated rings. The lowest BCUT2D eigenvalue weighted by Crippen LogP contribution is -2.55. The molecule has 3 aromatic rings. The second-order valence-electron chi connectivity index (χ2n) is 9.50. The normalized spacial score (nSPS) is 18.6. The van der Waals surface area contributed by atoms with E-state index in [1.807, 2.05) is 0 Å². The predicted octanol–water partition coefficient (Wildman–Crippen LogP) is 6.01. The van der Waals surface area contributed by atoms with Crippen molar-refractivity contribution < 1.29 is 37.0 Å². The first-order valence-electron chi connectivity index (χ1n) is 12.4. The molecule has 0 radical (unpaired) electrons. The quantitative estimate of drug-likeness (QED) is 0.255. The lowest BCUT2D eigenvalue weighted by Gasteiger charge is -2.36. The molecule has 7 nitrogen and oxygen atoms in total. The van der Waals surface area contributed by atoms with E-state index in [1.54, 1.807) is 36.4 Å². The van der Waals surface area contributed by atoms with Crippen LogP contribution >= 0.6 is 11.6 Å². The van der Waals surface area contributed by atoms with Crippen molar-refractivity contribution in [1.29, 1.82) is 0 Å². The van der Waals surface area contributed by atoms with E-state index >= 15 is 0 Å². The zero-order chi connectivity index (χ0) is 28.9. The highest BCUT2D eigenvalue weighted by Crippen LogP contribution is 2.37. The number of benzene rings is 2. The number of rotatable bonds is 10. The third-order valence-corrected chi connectivity index (χ3v) is 7.01. The molecular formula is C28H26ClF4N3O4. The first-order chi connectivity index (χ1) is 19.0. The van der Waals surface area contributed by atoms with Crippen LogP contribution in [0, 0.1) is 5.92 Å². The lowest BCUT2D eigenvalue weighted by molar-refractivity contribution is -0.253. The number of carbonyl (C=O) groups is 2. The Labute approximate surface area is 232 Å². The molecule has 1 aliphatic rings. The van der Waals surface area contributed by atoms with Gasteiger partial charge in [-0.05, 0) is 48.2 Å². The smallest absolute Gasteiger partial charge is 0.461 e. The maximum absolute atomic E-state index is 13.8. The summed E-state index contributed by atoms with van der Waals surface area (Å²) in [6.07, 6.45) is -5.93. The van der Waals surface area contributed by atoms with Crippen LogP contribution in [0.5, 0.6) is 5.75 Å². The van der Waals surface area contributed by atoms with Gasteiger partial charge in [-0.25, -0.2) is 4.79 Å². The summed E-state index contributed by atoms with van der Waals surface area (Å²) in [5, 5.41) is 15.5. The Morgan fingerprint density at radius 1 is 1.07 bits per heavy atom. The highest BCUT2D eigenvalue weighted by molar-refractivity contribution is 6.30. The fraction of sp³-hybridized carbons (Fsp3) is 0.321. The number of pyridine rings is 1. The van der Waals surface area contributed by atoms with Gasteiger partial charge in [-0.2, -0.15) is 17.6 Å². The van der Waals surface area contributed by atoms with Gasteiger partial charge in [0, 0.05) is 18.7 Å². The van der Waals surface area contributed by atoms with Crippen molar-refractivity contribution in [2.45, 2.75) is 49.8 Å². The van der Waals surface area contributed by atoms with Gasteiger partial charge in [0.2, 0.25) is 0 Å². The number of alkyl halides is 4. The number of ether oxygens (including phenoxy) is 1. The van der Waals surface area contributed by atoms with Gasteiger partial charge in [0.15, 0.2) is 0 Å². The molecular weight excluding hydrogens is 554 g/mol. The van der Waals surface area contributed by atoms with Crippen molar-refractivity contribution in [2.24, 2.45) is 5.92 Å². The van der Waals surface area contributed by atoms with Gasteiger partial charge in [0.1, 0.15) is 11.3 Å². The van der Waals surface area contributed by atoms with Gasteiger partial charge in [0.25, 0.3) is 0 Å². The van der Waals surface area contributed by atoms with Crippen LogP contribution in [-0.4, -0.2) is 40.7 Å². The summed E-state index contributed by atoms with van der Waals surface area (Å²) in [6, 6.07) is 15.7. The minimum absolute atomic E-state index is 0.0532. The molecule has 12 heteroatoms. The number of nitrogens with one attached hydrogen (secondary N) is 2. The second-order valence-corrected chi connectivity index (χ2v) is 9.94. The van der Waals surface area contributed by atoms with Gasteiger partial charge in [-0.1, -0.05) is 60.5 Å². The summed E-state index contributed by atoms with van der Waals surface area (Å²) in [5.41, 5.74) is -0.375. The van der Waals surface area contributed by atoms with Gasteiger partial charge in [-0.3, -0.25) is 9.78 Å². The van der Waals surface area contributed by atoms with Crippen LogP contribution in [0.4, 0.5) is 22.4 Å². The SMILES string of the molecule is O=C(NC1CCCC1C(=O)O)N[C@@](Cc1ccccc1)(c1cccc(OC(F)(F)C(F)F)c1)c1ccc(Cl)cn1. The number of amides is 2. The average molecular weight is 580 g/mol. The fourth-order valence-corrected chi connectivity index (χ4v) is 5.02. The average Bonchev–Trinajstić information content (AvgIpc) is 3.37. The van der Waals surface area contributed by atoms with E-state index in [0.717, 1.165) is 12.1 Å². The largest absolute Gasteiger partial charge is 0.481 e. The molecule has 2 amide bonds. The molecule has 3 N–H and O–H groups in total. The van der Waals surface area contributed by atoms with Crippen molar-refractivity contribution >= 4 is 23.6 Å². The van der Waals surface area contributed by atoms with Gasteiger partial charge in [0.05, 0.1) is 16.6 Å². The predicted molar refractivity (Wildman–Crippen MR) is 139 cm³/mol. The molecule has 2 unspecified atom stereocenters. The van der Waals surface area contributed by atoms with Crippen LogP contribution in [0.15, 0.2) is 72.9 Å². The molecule has 1 aliphatic carbocycles. The molecule has 0 bridgehead atoms. The van der Waals surface area contributed by atoms with Crippen LogP contribution in [0.2, 0.25) is 5.02 Å². The number of carbonyl (C=O) groups excluding carboxylic acids is 1.